The van der Waals surface area contributed by atoms with E-state index in [0.717, 1.165) is 24.5 Å². The number of aliphatic hydroxyl groups is 1. The Hall–Kier alpha value is -1.36. The van der Waals surface area contributed by atoms with Crippen LogP contribution in [0.4, 0.5) is 11.6 Å². The minimum Gasteiger partial charge on any atom is -0.396 e. The fourth-order valence-electron chi connectivity index (χ4n) is 1.29. The number of aryl methyl sites for hydroxylation is 1. The third kappa shape index (κ3) is 4.02. The number of nitrogens with zero attached hydrogens (tertiary/aromatic N) is 2. The summed E-state index contributed by atoms with van der Waals surface area (Å²) >= 11 is 0. The molecule has 1 heterocycles. The van der Waals surface area contributed by atoms with Crippen LogP contribution in [-0.4, -0.2) is 28.2 Å². The predicted octanol–water partition coefficient (Wildman–Crippen LogP) is 1.05. The smallest absolute Gasteiger partial charge is 0.133 e. The monoisotopic (exact) mass is 224 g/mol. The van der Waals surface area contributed by atoms with Gasteiger partial charge in [0.25, 0.3) is 0 Å². The molecule has 1 aromatic heterocycles. The van der Waals surface area contributed by atoms with E-state index in [1.807, 2.05) is 6.92 Å². The second-order valence-corrected chi connectivity index (χ2v) is 4.01. The van der Waals surface area contributed by atoms with Gasteiger partial charge < -0.3 is 16.2 Å². The zero-order valence-corrected chi connectivity index (χ0v) is 9.90. The number of aromatic nitrogens is 2. The van der Waals surface area contributed by atoms with Crippen LogP contribution in [0.2, 0.25) is 0 Å². The Labute approximate surface area is 96.1 Å². The topological polar surface area (TPSA) is 84.1 Å². The van der Waals surface area contributed by atoms with Gasteiger partial charge in [0, 0.05) is 25.6 Å². The summed E-state index contributed by atoms with van der Waals surface area (Å²) in [6.07, 6.45) is 1.82. The molecule has 90 valence electrons. The van der Waals surface area contributed by atoms with E-state index < -0.39 is 0 Å². The van der Waals surface area contributed by atoms with Gasteiger partial charge >= 0.3 is 0 Å². The third-order valence-electron chi connectivity index (χ3n) is 2.21. The van der Waals surface area contributed by atoms with Crippen molar-refractivity contribution in [2.75, 3.05) is 24.2 Å². The van der Waals surface area contributed by atoms with Gasteiger partial charge in [-0.3, -0.25) is 0 Å². The Morgan fingerprint density at radius 1 is 1.50 bits per heavy atom. The van der Waals surface area contributed by atoms with Gasteiger partial charge in [-0.05, 0) is 12.3 Å². The van der Waals surface area contributed by atoms with E-state index in [1.165, 1.54) is 0 Å². The largest absolute Gasteiger partial charge is 0.396 e. The lowest BCUT2D eigenvalue weighted by molar-refractivity contribution is 0.244. The Balaban J connectivity index is 2.64. The molecule has 0 bridgehead atoms. The lowest BCUT2D eigenvalue weighted by Gasteiger charge is -2.11. The molecule has 1 unspecified atom stereocenters. The molecule has 0 fully saturated rings. The van der Waals surface area contributed by atoms with Crippen LogP contribution in [0, 0.1) is 5.92 Å². The molecule has 1 atom stereocenters. The van der Waals surface area contributed by atoms with Gasteiger partial charge in [-0.25, -0.2) is 9.97 Å². The summed E-state index contributed by atoms with van der Waals surface area (Å²) in [6, 6.07) is 1.71. The van der Waals surface area contributed by atoms with Gasteiger partial charge in [0.1, 0.15) is 17.5 Å². The molecule has 1 rings (SSSR count). The SMILES string of the molecule is CCCc1nc(N)cc(NCC(C)CO)n1. The molecule has 16 heavy (non-hydrogen) atoms. The molecule has 0 saturated heterocycles. The maximum atomic E-state index is 8.91. The maximum absolute atomic E-state index is 8.91. The van der Waals surface area contributed by atoms with Crippen LogP contribution in [0.5, 0.6) is 0 Å². The summed E-state index contributed by atoms with van der Waals surface area (Å²) < 4.78 is 0. The zero-order chi connectivity index (χ0) is 12.0. The van der Waals surface area contributed by atoms with Crippen molar-refractivity contribution < 1.29 is 5.11 Å². The number of nitrogen functional groups attached to an aromatic ring is 1. The second kappa shape index (κ2) is 6.27. The molecule has 4 N–H and O–H groups in total. The molecule has 0 aliphatic rings. The number of nitrogens with two attached hydrogens (primary N) is 1. The normalized spacial score (nSPS) is 12.4. The third-order valence-corrected chi connectivity index (χ3v) is 2.21. The summed E-state index contributed by atoms with van der Waals surface area (Å²) in [5.41, 5.74) is 5.69. The Bertz CT molecular complexity index is 330. The second-order valence-electron chi connectivity index (χ2n) is 4.01. The van der Waals surface area contributed by atoms with Crippen molar-refractivity contribution in [3.8, 4) is 0 Å². The first-order valence-electron chi connectivity index (χ1n) is 5.63. The molecule has 1 aromatic rings. The molecular weight excluding hydrogens is 204 g/mol. The van der Waals surface area contributed by atoms with E-state index in [9.17, 15) is 0 Å². The van der Waals surface area contributed by atoms with Crippen LogP contribution in [0.3, 0.4) is 0 Å². The van der Waals surface area contributed by atoms with Gasteiger partial charge in [-0.1, -0.05) is 13.8 Å². The van der Waals surface area contributed by atoms with Crippen molar-refractivity contribution in [3.05, 3.63) is 11.9 Å². The van der Waals surface area contributed by atoms with Crippen LogP contribution >= 0.6 is 0 Å². The number of rotatable bonds is 6. The average Bonchev–Trinajstić information content (AvgIpc) is 2.25. The van der Waals surface area contributed by atoms with Crippen molar-refractivity contribution in [1.82, 2.24) is 9.97 Å². The highest BCUT2D eigenvalue weighted by molar-refractivity contribution is 5.44. The van der Waals surface area contributed by atoms with Crippen molar-refractivity contribution >= 4 is 11.6 Å². The number of hydrogen-bond donors (Lipinski definition) is 3. The summed E-state index contributed by atoms with van der Waals surface area (Å²) in [5.74, 6) is 2.18. The quantitative estimate of drug-likeness (QED) is 0.672. The molecule has 0 saturated carbocycles. The minimum absolute atomic E-state index is 0.162. The molecule has 0 amide bonds. The molecule has 0 spiro atoms. The number of nitrogens with one attached hydrogen (secondary N) is 1. The van der Waals surface area contributed by atoms with Crippen LogP contribution in [0.25, 0.3) is 0 Å². The van der Waals surface area contributed by atoms with E-state index in [0.29, 0.717) is 12.4 Å². The molecule has 5 nitrogen and oxygen atoms in total. The standard InChI is InChI=1S/C11H20N4O/c1-3-4-10-14-9(12)5-11(15-10)13-6-8(2)7-16/h5,8,16H,3-4,6-7H2,1-2H3,(H3,12,13,14,15). The molecule has 0 aliphatic heterocycles. The first-order chi connectivity index (χ1) is 7.65. The number of aliphatic hydroxyl groups excluding tert-OH is 1. The van der Waals surface area contributed by atoms with E-state index in [-0.39, 0.29) is 12.5 Å². The number of anilines is 2. The fraction of sp³-hybridized carbons (Fsp3) is 0.636. The lowest BCUT2D eigenvalue weighted by atomic mass is 10.2. The van der Waals surface area contributed by atoms with E-state index in [2.05, 4.69) is 22.2 Å². The molecule has 0 radical (unpaired) electrons. The first-order valence-corrected chi connectivity index (χ1v) is 5.63. The highest BCUT2D eigenvalue weighted by atomic mass is 16.3. The molecule has 5 heteroatoms. The van der Waals surface area contributed by atoms with Crippen LogP contribution in [0.15, 0.2) is 6.07 Å². The summed E-state index contributed by atoms with van der Waals surface area (Å²) in [7, 11) is 0. The lowest BCUT2D eigenvalue weighted by Crippen LogP contribution is -2.16. The zero-order valence-electron chi connectivity index (χ0n) is 9.90. The summed E-state index contributed by atoms with van der Waals surface area (Å²) in [6.45, 7) is 4.88. The van der Waals surface area contributed by atoms with Gasteiger partial charge in [0.2, 0.25) is 0 Å². The molecular formula is C11H20N4O. The molecule has 0 aromatic carbocycles. The Morgan fingerprint density at radius 3 is 2.88 bits per heavy atom. The van der Waals surface area contributed by atoms with Crippen molar-refractivity contribution in [2.24, 2.45) is 5.92 Å². The summed E-state index contributed by atoms with van der Waals surface area (Å²) in [5, 5.41) is 12.1. The maximum Gasteiger partial charge on any atom is 0.133 e. The predicted molar refractivity (Wildman–Crippen MR) is 65.2 cm³/mol. The summed E-state index contributed by atoms with van der Waals surface area (Å²) in [4.78, 5) is 8.49. The van der Waals surface area contributed by atoms with E-state index in [4.69, 9.17) is 10.8 Å². The number of hydrogen-bond acceptors (Lipinski definition) is 5. The van der Waals surface area contributed by atoms with Crippen molar-refractivity contribution in [3.63, 3.8) is 0 Å². The van der Waals surface area contributed by atoms with Crippen LogP contribution in [-0.2, 0) is 6.42 Å². The average molecular weight is 224 g/mol. The van der Waals surface area contributed by atoms with E-state index in [1.54, 1.807) is 6.07 Å². The van der Waals surface area contributed by atoms with Gasteiger partial charge in [-0.2, -0.15) is 0 Å². The van der Waals surface area contributed by atoms with Gasteiger partial charge in [0.15, 0.2) is 0 Å². The Kier molecular flexibility index (Phi) is 4.98. The Morgan fingerprint density at radius 2 is 2.25 bits per heavy atom. The highest BCUT2D eigenvalue weighted by Crippen LogP contribution is 2.10. The molecule has 0 aliphatic carbocycles. The van der Waals surface area contributed by atoms with Gasteiger partial charge in [0.05, 0.1) is 0 Å². The van der Waals surface area contributed by atoms with E-state index >= 15 is 0 Å². The minimum atomic E-state index is 0.162. The fourth-order valence-corrected chi connectivity index (χ4v) is 1.29. The van der Waals surface area contributed by atoms with Gasteiger partial charge in [-0.15, -0.1) is 0 Å². The van der Waals surface area contributed by atoms with Crippen molar-refractivity contribution in [1.29, 1.82) is 0 Å². The highest BCUT2D eigenvalue weighted by Gasteiger charge is 2.04. The van der Waals surface area contributed by atoms with Crippen LogP contribution in [0.1, 0.15) is 26.1 Å². The van der Waals surface area contributed by atoms with Crippen LogP contribution < -0.4 is 11.1 Å². The first kappa shape index (κ1) is 12.7. The van der Waals surface area contributed by atoms with Crippen molar-refractivity contribution in [2.45, 2.75) is 26.7 Å².